The van der Waals surface area contributed by atoms with Crippen LogP contribution >= 0.6 is 27.3 Å². The molecule has 0 saturated carbocycles. The molecule has 12 heavy (non-hydrogen) atoms. The predicted molar refractivity (Wildman–Crippen MR) is 55.9 cm³/mol. The SMILES string of the molecule is Cc1ccc2c(O)c(Br)sc2c1. The number of hydrogen-bond donors (Lipinski definition) is 1. The number of thiophene rings is 1. The number of benzene rings is 1. The van der Waals surface area contributed by atoms with Crippen molar-refractivity contribution in [2.24, 2.45) is 0 Å². The molecule has 1 aromatic heterocycles. The van der Waals surface area contributed by atoms with Gasteiger partial charge in [-0.3, -0.25) is 0 Å². The van der Waals surface area contributed by atoms with Crippen molar-refractivity contribution in [3.05, 3.63) is 27.5 Å². The first-order valence-electron chi connectivity index (χ1n) is 3.56. The number of rotatable bonds is 0. The first-order chi connectivity index (χ1) is 5.68. The van der Waals surface area contributed by atoms with Gasteiger partial charge in [-0.25, -0.2) is 0 Å². The Morgan fingerprint density at radius 1 is 1.42 bits per heavy atom. The normalized spacial score (nSPS) is 10.8. The maximum atomic E-state index is 9.55. The highest BCUT2D eigenvalue weighted by molar-refractivity contribution is 9.11. The number of aromatic hydroxyl groups is 1. The average molecular weight is 243 g/mol. The van der Waals surface area contributed by atoms with E-state index in [4.69, 9.17) is 0 Å². The fourth-order valence-electron chi connectivity index (χ4n) is 1.16. The second-order valence-electron chi connectivity index (χ2n) is 2.72. The third-order valence-corrected chi connectivity index (χ3v) is 3.57. The molecule has 1 aromatic carbocycles. The van der Waals surface area contributed by atoms with Gasteiger partial charge in [0.2, 0.25) is 0 Å². The van der Waals surface area contributed by atoms with Crippen molar-refractivity contribution >= 4 is 37.4 Å². The Balaban J connectivity index is 2.87. The second kappa shape index (κ2) is 2.75. The molecule has 0 aliphatic heterocycles. The van der Waals surface area contributed by atoms with Crippen LogP contribution < -0.4 is 0 Å². The molecule has 0 fully saturated rings. The maximum absolute atomic E-state index is 9.55. The van der Waals surface area contributed by atoms with Crippen LogP contribution in [-0.2, 0) is 0 Å². The lowest BCUT2D eigenvalue weighted by atomic mass is 10.2. The van der Waals surface area contributed by atoms with E-state index in [-0.39, 0.29) is 0 Å². The molecule has 1 nitrogen and oxygen atoms in total. The quantitative estimate of drug-likeness (QED) is 0.748. The summed E-state index contributed by atoms with van der Waals surface area (Å²) >= 11 is 4.86. The van der Waals surface area contributed by atoms with Crippen LogP contribution in [-0.4, -0.2) is 5.11 Å². The van der Waals surface area contributed by atoms with E-state index < -0.39 is 0 Å². The lowest BCUT2D eigenvalue weighted by Crippen LogP contribution is -1.68. The molecular formula is C9H7BrOS. The molecule has 3 heteroatoms. The molecule has 0 amide bonds. The smallest absolute Gasteiger partial charge is 0.148 e. The molecule has 0 aliphatic carbocycles. The van der Waals surface area contributed by atoms with Gasteiger partial charge in [0.1, 0.15) is 9.54 Å². The highest BCUT2D eigenvalue weighted by Crippen LogP contribution is 2.40. The summed E-state index contributed by atoms with van der Waals surface area (Å²) in [6.07, 6.45) is 0. The van der Waals surface area contributed by atoms with Crippen molar-refractivity contribution in [3.8, 4) is 5.75 Å². The van der Waals surface area contributed by atoms with Gasteiger partial charge in [0.05, 0.1) is 0 Å². The summed E-state index contributed by atoms with van der Waals surface area (Å²) in [5, 5.41) is 10.5. The fourth-order valence-corrected chi connectivity index (χ4v) is 2.82. The van der Waals surface area contributed by atoms with Crippen molar-refractivity contribution in [1.29, 1.82) is 0 Å². The summed E-state index contributed by atoms with van der Waals surface area (Å²) in [6.45, 7) is 2.05. The van der Waals surface area contributed by atoms with E-state index in [1.165, 1.54) is 5.56 Å². The van der Waals surface area contributed by atoms with Gasteiger partial charge in [0, 0.05) is 10.1 Å². The molecular weight excluding hydrogens is 236 g/mol. The van der Waals surface area contributed by atoms with E-state index in [9.17, 15) is 5.11 Å². The molecule has 0 aliphatic rings. The largest absolute Gasteiger partial charge is 0.505 e. The van der Waals surface area contributed by atoms with Crippen LogP contribution in [0.5, 0.6) is 5.75 Å². The summed E-state index contributed by atoms with van der Waals surface area (Å²) < 4.78 is 1.93. The van der Waals surface area contributed by atoms with Crippen LogP contribution in [0.1, 0.15) is 5.56 Å². The number of fused-ring (bicyclic) bond motifs is 1. The zero-order valence-corrected chi connectivity index (χ0v) is 8.87. The van der Waals surface area contributed by atoms with Gasteiger partial charge < -0.3 is 5.11 Å². The molecule has 0 atom stereocenters. The second-order valence-corrected chi connectivity index (χ2v) is 5.09. The van der Waals surface area contributed by atoms with Crippen LogP contribution in [0.4, 0.5) is 0 Å². The van der Waals surface area contributed by atoms with Gasteiger partial charge in [0.25, 0.3) is 0 Å². The molecule has 0 saturated heterocycles. The summed E-state index contributed by atoms with van der Waals surface area (Å²) in [7, 11) is 0. The van der Waals surface area contributed by atoms with Gasteiger partial charge in [-0.2, -0.15) is 0 Å². The van der Waals surface area contributed by atoms with Crippen molar-refractivity contribution in [3.63, 3.8) is 0 Å². The van der Waals surface area contributed by atoms with Crippen molar-refractivity contribution in [1.82, 2.24) is 0 Å². The first-order valence-corrected chi connectivity index (χ1v) is 5.17. The zero-order valence-electron chi connectivity index (χ0n) is 6.47. The van der Waals surface area contributed by atoms with Crippen LogP contribution in [0.25, 0.3) is 10.1 Å². The number of aryl methyl sites for hydroxylation is 1. The number of hydrogen-bond acceptors (Lipinski definition) is 2. The molecule has 62 valence electrons. The van der Waals surface area contributed by atoms with E-state index in [2.05, 4.69) is 22.0 Å². The summed E-state index contributed by atoms with van der Waals surface area (Å²) in [6, 6.07) is 6.02. The Bertz CT molecular complexity index is 433. The maximum Gasteiger partial charge on any atom is 0.148 e. The highest BCUT2D eigenvalue weighted by atomic mass is 79.9. The lowest BCUT2D eigenvalue weighted by Gasteiger charge is -1.91. The Morgan fingerprint density at radius 2 is 2.17 bits per heavy atom. The minimum absolute atomic E-state index is 0.356. The molecule has 0 bridgehead atoms. The number of halogens is 1. The summed E-state index contributed by atoms with van der Waals surface area (Å²) in [5.41, 5.74) is 1.22. The van der Waals surface area contributed by atoms with Crippen LogP contribution in [0.2, 0.25) is 0 Å². The average Bonchev–Trinajstić information content (AvgIpc) is 2.28. The Labute approximate surface area is 82.8 Å². The molecule has 0 radical (unpaired) electrons. The molecule has 2 rings (SSSR count). The minimum atomic E-state index is 0.356. The van der Waals surface area contributed by atoms with Crippen molar-refractivity contribution < 1.29 is 5.11 Å². The molecule has 0 spiro atoms. The Kier molecular flexibility index (Phi) is 1.85. The topological polar surface area (TPSA) is 20.2 Å². The van der Waals surface area contributed by atoms with E-state index in [0.29, 0.717) is 5.75 Å². The third-order valence-electron chi connectivity index (χ3n) is 1.78. The zero-order chi connectivity index (χ0) is 8.72. The van der Waals surface area contributed by atoms with Gasteiger partial charge in [-0.05, 0) is 40.5 Å². The van der Waals surface area contributed by atoms with Crippen LogP contribution in [0.3, 0.4) is 0 Å². The van der Waals surface area contributed by atoms with Gasteiger partial charge in [-0.15, -0.1) is 11.3 Å². The van der Waals surface area contributed by atoms with Gasteiger partial charge in [-0.1, -0.05) is 6.07 Å². The van der Waals surface area contributed by atoms with Crippen molar-refractivity contribution in [2.45, 2.75) is 6.92 Å². The third kappa shape index (κ3) is 1.13. The Hall–Kier alpha value is -0.540. The standard InChI is InChI=1S/C9H7BrOS/c1-5-2-3-6-7(4-5)12-9(10)8(6)11/h2-4,11H,1H3. The predicted octanol–water partition coefficient (Wildman–Crippen LogP) is 3.68. The molecule has 0 unspecified atom stereocenters. The summed E-state index contributed by atoms with van der Waals surface area (Å²) in [4.78, 5) is 0. The van der Waals surface area contributed by atoms with Gasteiger partial charge >= 0.3 is 0 Å². The molecule has 1 N–H and O–H groups in total. The van der Waals surface area contributed by atoms with Gasteiger partial charge in [0.15, 0.2) is 0 Å². The van der Waals surface area contributed by atoms with Crippen LogP contribution in [0.15, 0.2) is 22.0 Å². The molecule has 2 aromatic rings. The van der Waals surface area contributed by atoms with Crippen LogP contribution in [0, 0.1) is 6.92 Å². The fraction of sp³-hybridized carbons (Fsp3) is 0.111. The van der Waals surface area contributed by atoms with E-state index >= 15 is 0 Å². The molecule has 1 heterocycles. The van der Waals surface area contributed by atoms with E-state index in [1.54, 1.807) is 11.3 Å². The lowest BCUT2D eigenvalue weighted by molar-refractivity contribution is 0.481. The minimum Gasteiger partial charge on any atom is -0.505 e. The summed E-state index contributed by atoms with van der Waals surface area (Å²) in [5.74, 6) is 0.356. The highest BCUT2D eigenvalue weighted by Gasteiger charge is 2.07. The van der Waals surface area contributed by atoms with Crippen molar-refractivity contribution in [2.75, 3.05) is 0 Å². The van der Waals surface area contributed by atoms with E-state index in [1.807, 2.05) is 19.1 Å². The first kappa shape index (κ1) is 8.08. The van der Waals surface area contributed by atoms with E-state index in [0.717, 1.165) is 13.9 Å². The Morgan fingerprint density at radius 3 is 2.92 bits per heavy atom. The monoisotopic (exact) mass is 242 g/mol.